The molecule has 0 aromatic carbocycles. The second kappa shape index (κ2) is 5.75. The molecule has 1 aliphatic heterocycles. The first-order valence-corrected chi connectivity index (χ1v) is 9.54. The van der Waals surface area contributed by atoms with Gasteiger partial charge in [0.25, 0.3) is 5.91 Å². The summed E-state index contributed by atoms with van der Waals surface area (Å²) in [6.45, 7) is 3.04. The molecular formula is C13H14N2O2S3. The molecule has 1 saturated heterocycles. The SMILES string of the molecule is Cc1nc(-c2ccsc2)sc1C(=O)N1CCS(=O)CC1. The minimum absolute atomic E-state index is 0.0261. The average Bonchev–Trinajstić information content (AvgIpc) is 3.08. The molecule has 1 fully saturated rings. The standard InChI is InChI=1S/C13H14N2O2S3/c1-9-11(13(16)15-3-6-20(17)7-4-15)19-12(14-9)10-2-5-18-8-10/h2,5,8H,3-4,6-7H2,1H3. The first-order chi connectivity index (χ1) is 9.65. The summed E-state index contributed by atoms with van der Waals surface area (Å²) < 4.78 is 11.4. The molecule has 2 aromatic rings. The van der Waals surface area contributed by atoms with Crippen molar-refractivity contribution in [2.45, 2.75) is 6.92 Å². The fourth-order valence-electron chi connectivity index (χ4n) is 2.09. The zero-order valence-corrected chi connectivity index (χ0v) is 13.4. The number of amides is 1. The number of aromatic nitrogens is 1. The molecule has 0 bridgehead atoms. The summed E-state index contributed by atoms with van der Waals surface area (Å²) in [5, 5.41) is 4.94. The van der Waals surface area contributed by atoms with Gasteiger partial charge >= 0.3 is 0 Å². The molecule has 0 unspecified atom stereocenters. The van der Waals surface area contributed by atoms with Gasteiger partial charge in [-0.2, -0.15) is 11.3 Å². The maximum Gasteiger partial charge on any atom is 0.265 e. The summed E-state index contributed by atoms with van der Waals surface area (Å²) in [5.74, 6) is 1.19. The predicted octanol–water partition coefficient (Wildman–Crippen LogP) is 2.38. The van der Waals surface area contributed by atoms with E-state index in [4.69, 9.17) is 0 Å². The molecule has 0 atom stereocenters. The van der Waals surface area contributed by atoms with Crippen molar-refractivity contribution >= 4 is 39.4 Å². The fraction of sp³-hybridized carbons (Fsp3) is 0.385. The smallest absolute Gasteiger partial charge is 0.265 e. The second-order valence-electron chi connectivity index (χ2n) is 4.59. The van der Waals surface area contributed by atoms with Crippen LogP contribution in [0.4, 0.5) is 0 Å². The predicted molar refractivity (Wildman–Crippen MR) is 83.9 cm³/mol. The number of hydrogen-bond acceptors (Lipinski definition) is 5. The number of thiophene rings is 1. The largest absolute Gasteiger partial charge is 0.336 e. The Hall–Kier alpha value is -1.05. The molecule has 3 rings (SSSR count). The Bertz CT molecular complexity index is 639. The molecule has 20 heavy (non-hydrogen) atoms. The van der Waals surface area contributed by atoms with E-state index in [-0.39, 0.29) is 5.91 Å². The van der Waals surface area contributed by atoms with Crippen LogP contribution in [0.25, 0.3) is 10.6 Å². The van der Waals surface area contributed by atoms with Gasteiger partial charge in [0.2, 0.25) is 0 Å². The molecule has 3 heterocycles. The van der Waals surface area contributed by atoms with Crippen LogP contribution in [0.1, 0.15) is 15.4 Å². The van der Waals surface area contributed by atoms with Crippen LogP contribution in [0.3, 0.4) is 0 Å². The first kappa shape index (κ1) is 13.9. The molecule has 1 amide bonds. The van der Waals surface area contributed by atoms with Gasteiger partial charge in [0.1, 0.15) is 9.88 Å². The van der Waals surface area contributed by atoms with Crippen LogP contribution in [-0.4, -0.2) is 44.6 Å². The van der Waals surface area contributed by atoms with E-state index in [1.165, 1.54) is 11.3 Å². The second-order valence-corrected chi connectivity index (χ2v) is 8.06. The molecule has 4 nitrogen and oxygen atoms in total. The van der Waals surface area contributed by atoms with Crippen LogP contribution in [0.5, 0.6) is 0 Å². The highest BCUT2D eigenvalue weighted by Gasteiger charge is 2.25. The Morgan fingerprint density at radius 3 is 2.80 bits per heavy atom. The van der Waals surface area contributed by atoms with Crippen molar-refractivity contribution in [2.75, 3.05) is 24.6 Å². The van der Waals surface area contributed by atoms with Gasteiger partial charge in [-0.1, -0.05) is 0 Å². The van der Waals surface area contributed by atoms with E-state index in [2.05, 4.69) is 4.98 Å². The van der Waals surface area contributed by atoms with E-state index in [0.717, 1.165) is 16.3 Å². The summed E-state index contributed by atoms with van der Waals surface area (Å²) in [6.07, 6.45) is 0. The van der Waals surface area contributed by atoms with Gasteiger partial charge < -0.3 is 4.90 Å². The van der Waals surface area contributed by atoms with Crippen molar-refractivity contribution in [3.05, 3.63) is 27.4 Å². The lowest BCUT2D eigenvalue weighted by molar-refractivity contribution is 0.0775. The molecule has 7 heteroatoms. The third kappa shape index (κ3) is 2.70. The van der Waals surface area contributed by atoms with Crippen LogP contribution in [-0.2, 0) is 10.8 Å². The van der Waals surface area contributed by atoms with Crippen molar-refractivity contribution in [3.63, 3.8) is 0 Å². The molecule has 106 valence electrons. The van der Waals surface area contributed by atoms with Crippen LogP contribution < -0.4 is 0 Å². The lowest BCUT2D eigenvalue weighted by Crippen LogP contribution is -2.41. The number of thiazole rings is 1. The normalized spacial score (nSPS) is 16.6. The van der Waals surface area contributed by atoms with Gasteiger partial charge in [0, 0.05) is 46.3 Å². The maximum atomic E-state index is 12.5. The zero-order valence-electron chi connectivity index (χ0n) is 11.0. The first-order valence-electron chi connectivity index (χ1n) is 6.29. The van der Waals surface area contributed by atoms with Gasteiger partial charge in [0.15, 0.2) is 0 Å². The third-order valence-electron chi connectivity index (χ3n) is 3.22. The topological polar surface area (TPSA) is 50.3 Å². The Morgan fingerprint density at radius 2 is 2.15 bits per heavy atom. The van der Waals surface area contributed by atoms with E-state index in [9.17, 15) is 9.00 Å². The summed E-state index contributed by atoms with van der Waals surface area (Å²) >= 11 is 3.07. The maximum absolute atomic E-state index is 12.5. The zero-order chi connectivity index (χ0) is 14.1. The summed E-state index contributed by atoms with van der Waals surface area (Å²) in [5.41, 5.74) is 1.86. The van der Waals surface area contributed by atoms with Crippen molar-refractivity contribution in [2.24, 2.45) is 0 Å². The van der Waals surface area contributed by atoms with Crippen molar-refractivity contribution in [3.8, 4) is 10.6 Å². The number of aryl methyl sites for hydroxylation is 1. The van der Waals surface area contributed by atoms with Gasteiger partial charge in [-0.15, -0.1) is 11.3 Å². The van der Waals surface area contributed by atoms with E-state index in [1.54, 1.807) is 16.2 Å². The molecule has 0 spiro atoms. The summed E-state index contributed by atoms with van der Waals surface area (Å²) in [6, 6.07) is 2.02. The van der Waals surface area contributed by atoms with Crippen molar-refractivity contribution in [1.82, 2.24) is 9.88 Å². The number of hydrogen-bond donors (Lipinski definition) is 0. The monoisotopic (exact) mass is 326 g/mol. The van der Waals surface area contributed by atoms with E-state index in [0.29, 0.717) is 29.5 Å². The summed E-state index contributed by atoms with van der Waals surface area (Å²) in [7, 11) is -0.763. The molecular weight excluding hydrogens is 312 g/mol. The number of carbonyl (C=O) groups is 1. The molecule has 2 aromatic heterocycles. The van der Waals surface area contributed by atoms with E-state index < -0.39 is 10.8 Å². The highest BCUT2D eigenvalue weighted by atomic mass is 32.2. The quantitative estimate of drug-likeness (QED) is 0.851. The lowest BCUT2D eigenvalue weighted by Gasteiger charge is -2.25. The Kier molecular flexibility index (Phi) is 4.00. The Balaban J connectivity index is 1.83. The Morgan fingerprint density at radius 1 is 1.40 bits per heavy atom. The number of rotatable bonds is 2. The molecule has 0 saturated carbocycles. The van der Waals surface area contributed by atoms with Crippen LogP contribution in [0.2, 0.25) is 0 Å². The number of carbonyl (C=O) groups excluding carboxylic acids is 1. The average molecular weight is 326 g/mol. The summed E-state index contributed by atoms with van der Waals surface area (Å²) in [4.78, 5) is 19.5. The van der Waals surface area contributed by atoms with Gasteiger partial charge in [0.05, 0.1) is 5.69 Å². The molecule has 0 radical (unpaired) electrons. The van der Waals surface area contributed by atoms with Gasteiger partial charge in [-0.3, -0.25) is 9.00 Å². The van der Waals surface area contributed by atoms with Gasteiger partial charge in [-0.05, 0) is 18.4 Å². The molecule has 0 aliphatic carbocycles. The van der Waals surface area contributed by atoms with Crippen molar-refractivity contribution in [1.29, 1.82) is 0 Å². The van der Waals surface area contributed by atoms with Gasteiger partial charge in [-0.25, -0.2) is 4.98 Å². The third-order valence-corrected chi connectivity index (χ3v) is 6.38. The van der Waals surface area contributed by atoms with E-state index in [1.807, 2.05) is 23.8 Å². The fourth-order valence-corrected chi connectivity index (χ4v) is 4.89. The van der Waals surface area contributed by atoms with Crippen LogP contribution in [0.15, 0.2) is 16.8 Å². The minimum atomic E-state index is -0.763. The Labute approximate surface area is 127 Å². The van der Waals surface area contributed by atoms with Crippen LogP contribution in [0, 0.1) is 6.92 Å². The van der Waals surface area contributed by atoms with E-state index >= 15 is 0 Å². The molecule has 0 N–H and O–H groups in total. The number of nitrogens with zero attached hydrogens (tertiary/aromatic N) is 2. The minimum Gasteiger partial charge on any atom is -0.336 e. The molecule has 1 aliphatic rings. The lowest BCUT2D eigenvalue weighted by atomic mass is 10.3. The van der Waals surface area contributed by atoms with Crippen molar-refractivity contribution < 1.29 is 9.00 Å². The van der Waals surface area contributed by atoms with Crippen LogP contribution >= 0.6 is 22.7 Å². The highest BCUT2D eigenvalue weighted by molar-refractivity contribution is 7.85. The highest BCUT2D eigenvalue weighted by Crippen LogP contribution is 2.30.